The van der Waals surface area contributed by atoms with Gasteiger partial charge in [-0.05, 0) is 43.2 Å². The van der Waals surface area contributed by atoms with E-state index in [1.54, 1.807) is 44.4 Å². The minimum absolute atomic E-state index is 0.0931. The molecule has 0 saturated heterocycles. The largest absolute Gasteiger partial charge is 0.497 e. The number of ether oxygens (including phenoxy) is 1. The monoisotopic (exact) mass is 376 g/mol. The highest BCUT2D eigenvalue weighted by Crippen LogP contribution is 2.23. The van der Waals surface area contributed by atoms with Crippen LogP contribution in [0.15, 0.2) is 50.5 Å². The average Bonchev–Trinajstić information content (AvgIpc) is 2.93. The minimum atomic E-state index is -3.76. The second-order valence-corrected chi connectivity index (χ2v) is 7.61. The molecule has 3 aromatic rings. The van der Waals surface area contributed by atoms with Crippen LogP contribution in [0.3, 0.4) is 0 Å². The number of rotatable bonds is 6. The number of fused-ring (bicyclic) bond motifs is 1. The third kappa shape index (κ3) is 3.38. The number of methoxy groups -OCH3 is 1. The molecule has 0 aliphatic carbocycles. The first-order chi connectivity index (χ1) is 12.4. The van der Waals surface area contributed by atoms with Crippen molar-refractivity contribution in [2.75, 3.05) is 7.11 Å². The molecule has 3 rings (SSSR count). The molecule has 26 heavy (non-hydrogen) atoms. The Bertz CT molecular complexity index is 1100. The molecule has 1 aromatic heterocycles. The van der Waals surface area contributed by atoms with Gasteiger partial charge in [0.25, 0.3) is 0 Å². The van der Waals surface area contributed by atoms with E-state index in [4.69, 9.17) is 9.15 Å². The molecule has 8 heteroatoms. The van der Waals surface area contributed by atoms with Gasteiger partial charge in [-0.25, -0.2) is 17.9 Å². The molecule has 0 spiro atoms. The van der Waals surface area contributed by atoms with Gasteiger partial charge in [-0.3, -0.25) is 4.57 Å². The summed E-state index contributed by atoms with van der Waals surface area (Å²) in [5, 5.41) is 0. The van der Waals surface area contributed by atoms with Crippen LogP contribution >= 0.6 is 0 Å². The third-order valence-electron chi connectivity index (χ3n) is 4.20. The zero-order valence-corrected chi connectivity index (χ0v) is 15.6. The van der Waals surface area contributed by atoms with E-state index in [2.05, 4.69) is 4.72 Å². The van der Waals surface area contributed by atoms with Crippen LogP contribution in [-0.4, -0.2) is 20.1 Å². The maximum atomic E-state index is 12.7. The van der Waals surface area contributed by atoms with E-state index in [0.717, 1.165) is 5.56 Å². The highest BCUT2D eigenvalue weighted by molar-refractivity contribution is 7.89. The van der Waals surface area contributed by atoms with Crippen LogP contribution < -0.4 is 15.2 Å². The summed E-state index contributed by atoms with van der Waals surface area (Å²) < 4.78 is 39.7. The molecule has 0 unspecified atom stereocenters. The lowest BCUT2D eigenvalue weighted by molar-refractivity contribution is 0.414. The quantitative estimate of drug-likeness (QED) is 0.713. The molecular weight excluding hydrogens is 356 g/mol. The molecule has 0 fully saturated rings. The van der Waals surface area contributed by atoms with Gasteiger partial charge in [0.05, 0.1) is 17.5 Å². The predicted octanol–water partition coefficient (Wildman–Crippen LogP) is 2.41. The number of benzene rings is 2. The van der Waals surface area contributed by atoms with Gasteiger partial charge in [-0.15, -0.1) is 0 Å². The second kappa shape index (κ2) is 6.97. The van der Waals surface area contributed by atoms with E-state index in [-0.39, 0.29) is 17.0 Å². The molecule has 0 saturated carbocycles. The Kier molecular flexibility index (Phi) is 4.88. The van der Waals surface area contributed by atoms with Crippen LogP contribution in [0, 0.1) is 6.92 Å². The second-order valence-electron chi connectivity index (χ2n) is 5.87. The lowest BCUT2D eigenvalue weighted by atomic mass is 10.2. The third-order valence-corrected chi connectivity index (χ3v) is 5.74. The van der Waals surface area contributed by atoms with E-state index in [1.807, 2.05) is 6.92 Å². The smallest absolute Gasteiger partial charge is 0.419 e. The molecule has 0 aliphatic heterocycles. The van der Waals surface area contributed by atoms with Gasteiger partial charge in [0, 0.05) is 19.2 Å². The van der Waals surface area contributed by atoms with Crippen molar-refractivity contribution in [2.45, 2.75) is 31.8 Å². The van der Waals surface area contributed by atoms with Gasteiger partial charge < -0.3 is 9.15 Å². The lowest BCUT2D eigenvalue weighted by Gasteiger charge is -2.10. The highest BCUT2D eigenvalue weighted by Gasteiger charge is 2.20. The van der Waals surface area contributed by atoms with E-state index in [9.17, 15) is 13.2 Å². The number of nitrogens with one attached hydrogen (secondary N) is 1. The van der Waals surface area contributed by atoms with Crippen molar-refractivity contribution in [2.24, 2.45) is 0 Å². The van der Waals surface area contributed by atoms with Crippen molar-refractivity contribution in [1.29, 1.82) is 0 Å². The fraction of sp³-hybridized carbons (Fsp3) is 0.278. The molecule has 138 valence electrons. The summed E-state index contributed by atoms with van der Waals surface area (Å²) in [6.07, 6.45) is 0. The number of aromatic nitrogens is 1. The van der Waals surface area contributed by atoms with E-state index >= 15 is 0 Å². The molecule has 0 radical (unpaired) electrons. The number of hydrogen-bond acceptors (Lipinski definition) is 5. The van der Waals surface area contributed by atoms with Crippen LogP contribution in [0.25, 0.3) is 11.1 Å². The number of aryl methyl sites for hydroxylation is 2. The van der Waals surface area contributed by atoms with Gasteiger partial charge in [0.1, 0.15) is 5.75 Å². The van der Waals surface area contributed by atoms with Crippen molar-refractivity contribution >= 4 is 21.1 Å². The Morgan fingerprint density at radius 2 is 1.88 bits per heavy atom. The fourth-order valence-corrected chi connectivity index (χ4v) is 4.04. The van der Waals surface area contributed by atoms with E-state index in [1.165, 1.54) is 10.6 Å². The maximum absolute atomic E-state index is 12.7. The Hall–Kier alpha value is -2.58. The first kappa shape index (κ1) is 18.2. The maximum Gasteiger partial charge on any atom is 0.419 e. The van der Waals surface area contributed by atoms with Gasteiger partial charge in [0.2, 0.25) is 10.0 Å². The Balaban J connectivity index is 1.90. The predicted molar refractivity (Wildman–Crippen MR) is 97.9 cm³/mol. The Morgan fingerprint density at radius 3 is 2.50 bits per heavy atom. The summed E-state index contributed by atoms with van der Waals surface area (Å²) in [6, 6.07) is 10.2. The summed E-state index contributed by atoms with van der Waals surface area (Å²) in [6.45, 7) is 4.11. The number of nitrogens with zero attached hydrogens (tertiary/aromatic N) is 1. The molecule has 0 aliphatic rings. The van der Waals surface area contributed by atoms with Crippen LogP contribution in [0.2, 0.25) is 0 Å². The van der Waals surface area contributed by atoms with E-state index < -0.39 is 15.8 Å². The topological polar surface area (TPSA) is 90.5 Å². The number of sulfonamides is 1. The molecular formula is C18H20N2O5S. The first-order valence-electron chi connectivity index (χ1n) is 8.12. The Morgan fingerprint density at radius 1 is 1.19 bits per heavy atom. The summed E-state index contributed by atoms with van der Waals surface area (Å²) >= 11 is 0. The van der Waals surface area contributed by atoms with Crippen molar-refractivity contribution in [3.05, 3.63) is 58.1 Å². The normalized spacial score (nSPS) is 11.8. The van der Waals surface area contributed by atoms with Crippen molar-refractivity contribution in [1.82, 2.24) is 9.29 Å². The van der Waals surface area contributed by atoms with Crippen LogP contribution in [-0.2, 0) is 23.1 Å². The van der Waals surface area contributed by atoms with Gasteiger partial charge in [-0.1, -0.05) is 12.1 Å². The standard InChI is InChI=1S/C18H20N2O5S/c1-4-20-15-9-12(2)17(10-16(15)25-18(20)21)26(22,23)19-11-13-5-7-14(24-3)8-6-13/h5-10,19H,4,11H2,1-3H3. The van der Waals surface area contributed by atoms with Gasteiger partial charge in [0.15, 0.2) is 5.58 Å². The number of hydrogen-bond donors (Lipinski definition) is 1. The Labute approximate surface area is 151 Å². The van der Waals surface area contributed by atoms with Crippen LogP contribution in [0.4, 0.5) is 0 Å². The summed E-state index contributed by atoms with van der Waals surface area (Å²) in [4.78, 5) is 11.9. The van der Waals surface area contributed by atoms with Crippen LogP contribution in [0.5, 0.6) is 5.75 Å². The molecule has 2 aromatic carbocycles. The highest BCUT2D eigenvalue weighted by atomic mass is 32.2. The van der Waals surface area contributed by atoms with E-state index in [0.29, 0.717) is 23.4 Å². The number of oxazole rings is 1. The summed E-state index contributed by atoms with van der Waals surface area (Å²) in [5.41, 5.74) is 2.19. The van der Waals surface area contributed by atoms with Crippen LogP contribution in [0.1, 0.15) is 18.1 Å². The lowest BCUT2D eigenvalue weighted by Crippen LogP contribution is -2.24. The van der Waals surface area contributed by atoms with Gasteiger partial charge in [-0.2, -0.15) is 0 Å². The molecule has 7 nitrogen and oxygen atoms in total. The fourth-order valence-electron chi connectivity index (χ4n) is 2.78. The minimum Gasteiger partial charge on any atom is -0.497 e. The summed E-state index contributed by atoms with van der Waals surface area (Å²) in [5.74, 6) is 0.205. The van der Waals surface area contributed by atoms with Crippen molar-refractivity contribution in [3.8, 4) is 5.75 Å². The zero-order chi connectivity index (χ0) is 18.9. The average molecular weight is 376 g/mol. The SMILES string of the molecule is CCn1c(=O)oc2cc(S(=O)(=O)NCc3ccc(OC)cc3)c(C)cc21. The molecule has 0 atom stereocenters. The first-order valence-corrected chi connectivity index (χ1v) is 9.60. The van der Waals surface area contributed by atoms with Crippen molar-refractivity contribution < 1.29 is 17.6 Å². The molecule has 1 heterocycles. The summed E-state index contributed by atoms with van der Waals surface area (Å²) in [7, 11) is -2.19. The molecule has 1 N–H and O–H groups in total. The zero-order valence-electron chi connectivity index (χ0n) is 14.8. The molecule has 0 bridgehead atoms. The van der Waals surface area contributed by atoms with Crippen molar-refractivity contribution in [3.63, 3.8) is 0 Å². The molecule has 0 amide bonds. The van der Waals surface area contributed by atoms with Gasteiger partial charge >= 0.3 is 5.76 Å².